The highest BCUT2D eigenvalue weighted by Gasteiger charge is 2.41. The molecule has 30 heavy (non-hydrogen) atoms. The predicted molar refractivity (Wildman–Crippen MR) is 99.9 cm³/mol. The average Bonchev–Trinajstić information content (AvgIpc) is 2.73. The first-order valence-corrected chi connectivity index (χ1v) is 9.12. The molecule has 2 N–H and O–H groups in total. The van der Waals surface area contributed by atoms with E-state index < -0.39 is 64.5 Å². The van der Waals surface area contributed by atoms with Crippen LogP contribution in [0.5, 0.6) is 5.75 Å². The summed E-state index contributed by atoms with van der Waals surface area (Å²) in [7, 11) is 0. The number of halogens is 2. The van der Waals surface area contributed by atoms with Crippen molar-refractivity contribution < 1.29 is 32.3 Å². The second-order valence-corrected chi connectivity index (χ2v) is 7.01. The number of ether oxygens (including phenoxy) is 1. The van der Waals surface area contributed by atoms with Crippen LogP contribution in [-0.4, -0.2) is 45.3 Å². The number of rotatable bonds is 3. The molecule has 0 bridgehead atoms. The zero-order chi connectivity index (χ0) is 24.2. The Bertz CT molecular complexity index is 1240. The minimum Gasteiger partial charge on any atom is -0.503 e. The van der Waals surface area contributed by atoms with Crippen molar-refractivity contribution in [1.82, 2.24) is 14.8 Å². The molecule has 158 valence electrons. The second-order valence-electron chi connectivity index (χ2n) is 7.01. The van der Waals surface area contributed by atoms with Crippen molar-refractivity contribution in [2.45, 2.75) is 38.7 Å². The molecule has 2 aliphatic heterocycles. The standard InChI is InChI=1S/C20H19F2N3O5/c1-10-4-5-30-15-9-24-8-13(17(26)18(27)16(24)20(29)25(10)15)19(28)23-7-11-2-3-12(21)6-14(11)22/h2-3,6,8,10,15,27H,4-5,7,9H2,1H3,(H,23,28)/t10-,15+/m1/s1/i6D,7D2. The van der Waals surface area contributed by atoms with Gasteiger partial charge in [0, 0.05) is 30.3 Å². The molecule has 2 aromatic rings. The van der Waals surface area contributed by atoms with E-state index in [9.17, 15) is 28.3 Å². The summed E-state index contributed by atoms with van der Waals surface area (Å²) in [6, 6.07) is 0.0335. The van der Waals surface area contributed by atoms with Crippen LogP contribution in [0.15, 0.2) is 29.2 Å². The lowest BCUT2D eigenvalue weighted by molar-refractivity contribution is -0.112. The lowest BCUT2D eigenvalue weighted by Gasteiger charge is -2.44. The molecule has 1 fully saturated rings. The molecule has 1 aromatic carbocycles. The Morgan fingerprint density at radius 2 is 2.20 bits per heavy atom. The van der Waals surface area contributed by atoms with Crippen LogP contribution in [0.2, 0.25) is 0 Å². The van der Waals surface area contributed by atoms with Gasteiger partial charge in [0.05, 0.1) is 17.3 Å². The fraction of sp³-hybridized carbons (Fsp3) is 0.350. The third-order valence-corrected chi connectivity index (χ3v) is 5.09. The molecule has 0 unspecified atom stereocenters. The summed E-state index contributed by atoms with van der Waals surface area (Å²) in [6.45, 7) is -0.714. The van der Waals surface area contributed by atoms with Gasteiger partial charge < -0.3 is 24.6 Å². The van der Waals surface area contributed by atoms with Crippen molar-refractivity contribution in [3.8, 4) is 5.75 Å². The number of nitrogens with zero attached hydrogens (tertiary/aromatic N) is 2. The van der Waals surface area contributed by atoms with Crippen LogP contribution in [-0.2, 0) is 17.8 Å². The van der Waals surface area contributed by atoms with Crippen LogP contribution >= 0.6 is 0 Å². The van der Waals surface area contributed by atoms with Gasteiger partial charge in [-0.2, -0.15) is 0 Å². The number of carbonyl (C=O) groups is 2. The van der Waals surface area contributed by atoms with E-state index in [1.54, 1.807) is 6.92 Å². The average molecular weight is 422 g/mol. The third kappa shape index (κ3) is 3.32. The van der Waals surface area contributed by atoms with Crippen LogP contribution in [0.1, 0.15) is 43.9 Å². The van der Waals surface area contributed by atoms with Gasteiger partial charge >= 0.3 is 0 Å². The molecule has 0 radical (unpaired) electrons. The smallest absolute Gasteiger partial charge is 0.276 e. The molecular weight excluding hydrogens is 400 g/mol. The van der Waals surface area contributed by atoms with Gasteiger partial charge in [-0.15, -0.1) is 0 Å². The highest BCUT2D eigenvalue weighted by atomic mass is 19.1. The largest absolute Gasteiger partial charge is 0.503 e. The topological polar surface area (TPSA) is 101 Å². The second kappa shape index (κ2) is 7.52. The fourth-order valence-electron chi connectivity index (χ4n) is 3.55. The number of fused-ring (bicyclic) bond motifs is 2. The van der Waals surface area contributed by atoms with Crippen LogP contribution in [0, 0.1) is 11.6 Å². The van der Waals surface area contributed by atoms with Gasteiger partial charge in [-0.1, -0.05) is 6.07 Å². The van der Waals surface area contributed by atoms with Crippen LogP contribution in [0.4, 0.5) is 8.78 Å². The molecule has 2 amide bonds. The van der Waals surface area contributed by atoms with E-state index in [0.29, 0.717) is 19.1 Å². The van der Waals surface area contributed by atoms with E-state index in [1.165, 1.54) is 9.47 Å². The fourth-order valence-corrected chi connectivity index (χ4v) is 3.55. The number of pyridine rings is 1. The van der Waals surface area contributed by atoms with Gasteiger partial charge in [-0.3, -0.25) is 14.4 Å². The first kappa shape index (κ1) is 16.5. The maximum absolute atomic E-state index is 14.2. The molecule has 0 saturated carbocycles. The molecule has 1 aromatic heterocycles. The zero-order valence-corrected chi connectivity index (χ0v) is 15.7. The Labute approximate surface area is 173 Å². The number of amides is 2. The van der Waals surface area contributed by atoms with Gasteiger partial charge in [-0.25, -0.2) is 8.78 Å². The number of aromatic nitrogens is 1. The van der Waals surface area contributed by atoms with Crippen LogP contribution in [0.3, 0.4) is 0 Å². The van der Waals surface area contributed by atoms with E-state index in [2.05, 4.69) is 0 Å². The third-order valence-electron chi connectivity index (χ3n) is 5.09. The van der Waals surface area contributed by atoms with Crippen molar-refractivity contribution in [1.29, 1.82) is 0 Å². The van der Waals surface area contributed by atoms with Crippen molar-refractivity contribution in [3.63, 3.8) is 0 Å². The zero-order valence-electron chi connectivity index (χ0n) is 18.7. The number of hydrogen-bond donors (Lipinski definition) is 2. The van der Waals surface area contributed by atoms with E-state index in [-0.39, 0.29) is 18.3 Å². The summed E-state index contributed by atoms with van der Waals surface area (Å²) in [5, 5.41) is 12.2. The molecule has 0 aliphatic carbocycles. The van der Waals surface area contributed by atoms with E-state index in [0.717, 1.165) is 12.3 Å². The SMILES string of the molecule is [2H]c1c(F)ccc(C([2H])([2H])NC(=O)c2cn3c(c(O)c2=O)C(=O)N2[C@H](C)CCO[C@H]2C3)c1F. The van der Waals surface area contributed by atoms with Gasteiger partial charge in [0.15, 0.2) is 17.7 Å². The molecular formula is C20H19F2N3O5. The molecule has 3 heterocycles. The van der Waals surface area contributed by atoms with Gasteiger partial charge in [0.1, 0.15) is 17.2 Å². The van der Waals surface area contributed by atoms with Crippen molar-refractivity contribution in [2.75, 3.05) is 6.61 Å². The van der Waals surface area contributed by atoms with Crippen molar-refractivity contribution in [3.05, 3.63) is 63.1 Å². The van der Waals surface area contributed by atoms with Crippen molar-refractivity contribution in [2.24, 2.45) is 0 Å². The number of nitrogens with one attached hydrogen (secondary N) is 1. The Kier molecular flexibility index (Phi) is 4.14. The van der Waals surface area contributed by atoms with Crippen LogP contribution < -0.4 is 10.7 Å². The monoisotopic (exact) mass is 422 g/mol. The van der Waals surface area contributed by atoms with E-state index in [4.69, 9.17) is 8.85 Å². The predicted octanol–water partition coefficient (Wildman–Crippen LogP) is 1.35. The molecule has 2 aliphatic rings. The summed E-state index contributed by atoms with van der Waals surface area (Å²) in [5.74, 6) is -5.66. The maximum Gasteiger partial charge on any atom is 0.276 e. The minimum atomic E-state index is -2.93. The molecule has 8 nitrogen and oxygen atoms in total. The first-order chi connectivity index (χ1) is 15.4. The Morgan fingerprint density at radius 1 is 1.43 bits per heavy atom. The Morgan fingerprint density at radius 3 is 2.97 bits per heavy atom. The Hall–Kier alpha value is -3.27. The van der Waals surface area contributed by atoms with Gasteiger partial charge in [0.2, 0.25) is 5.43 Å². The van der Waals surface area contributed by atoms with Gasteiger partial charge in [-0.05, 0) is 19.4 Å². The normalized spacial score (nSPS) is 22.4. The number of carbonyl (C=O) groups excluding carboxylic acids is 2. The van der Waals surface area contributed by atoms with Gasteiger partial charge in [0.25, 0.3) is 11.8 Å². The van der Waals surface area contributed by atoms with Crippen molar-refractivity contribution >= 4 is 11.8 Å². The summed E-state index contributed by atoms with van der Waals surface area (Å²) >= 11 is 0. The summed E-state index contributed by atoms with van der Waals surface area (Å²) in [6.07, 6.45) is 0.891. The molecule has 4 rings (SSSR count). The summed E-state index contributed by atoms with van der Waals surface area (Å²) < 4.78 is 57.6. The minimum absolute atomic E-state index is 0.0151. The number of hydrogen-bond acceptors (Lipinski definition) is 5. The highest BCUT2D eigenvalue weighted by molar-refractivity contribution is 5.99. The highest BCUT2D eigenvalue weighted by Crippen LogP contribution is 2.29. The molecule has 2 atom stereocenters. The van der Waals surface area contributed by atoms with E-state index >= 15 is 0 Å². The maximum atomic E-state index is 14.2. The molecule has 10 heteroatoms. The van der Waals surface area contributed by atoms with Crippen LogP contribution in [0.25, 0.3) is 0 Å². The summed E-state index contributed by atoms with van der Waals surface area (Å²) in [4.78, 5) is 39.7. The van der Waals surface area contributed by atoms with E-state index in [1.807, 2.05) is 5.32 Å². The molecule has 0 spiro atoms. The lowest BCUT2D eigenvalue weighted by atomic mass is 10.1. The quantitative estimate of drug-likeness (QED) is 0.778. The first-order valence-electron chi connectivity index (χ1n) is 10.6. The number of benzene rings is 1. The number of aromatic hydroxyl groups is 1. The molecule has 1 saturated heterocycles. The summed E-state index contributed by atoms with van der Waals surface area (Å²) in [5.41, 5.74) is -3.05. The Balaban J connectivity index is 1.70. The lowest BCUT2D eigenvalue weighted by Crippen LogP contribution is -2.57.